The number of ether oxygens (including phenoxy) is 1. The average Bonchev–Trinajstić information content (AvgIpc) is 3.58. The summed E-state index contributed by atoms with van der Waals surface area (Å²) in [6, 6.07) is 12.0. The van der Waals surface area contributed by atoms with Crippen LogP contribution in [0.3, 0.4) is 0 Å². The molecule has 0 N–H and O–H groups in total. The highest BCUT2D eigenvalue weighted by Gasteiger charge is 2.41. The maximum absolute atomic E-state index is 14.2. The van der Waals surface area contributed by atoms with Crippen LogP contribution in [0.2, 0.25) is 0 Å². The lowest BCUT2D eigenvalue weighted by molar-refractivity contribution is 0.0259. The Kier molecular flexibility index (Phi) is 5.04. The van der Waals surface area contributed by atoms with Gasteiger partial charge in [-0.3, -0.25) is 13.6 Å². The molecule has 34 heavy (non-hydrogen) atoms. The lowest BCUT2D eigenvalue weighted by Gasteiger charge is -2.27. The molecule has 2 aliphatic heterocycles. The minimum Gasteiger partial charge on any atom is -0.374 e. The molecule has 3 atom stereocenters. The summed E-state index contributed by atoms with van der Waals surface area (Å²) >= 11 is 0. The predicted molar refractivity (Wildman–Crippen MR) is 126 cm³/mol. The van der Waals surface area contributed by atoms with Crippen molar-refractivity contribution in [3.63, 3.8) is 0 Å². The quantitative estimate of drug-likeness (QED) is 0.450. The number of fused-ring (bicyclic) bond motifs is 3. The first kappa shape index (κ1) is 21.1. The third-order valence-electron chi connectivity index (χ3n) is 6.53. The molecule has 0 saturated carbocycles. The number of benzene rings is 2. The molecule has 7 nitrogen and oxygen atoms in total. The van der Waals surface area contributed by atoms with Gasteiger partial charge in [0.2, 0.25) is 5.95 Å². The van der Waals surface area contributed by atoms with Crippen LogP contribution in [-0.4, -0.2) is 61.1 Å². The van der Waals surface area contributed by atoms with Crippen molar-refractivity contribution in [3.05, 3.63) is 72.4 Å². The molecule has 1 amide bonds. The molecule has 0 aliphatic carbocycles. The maximum Gasteiger partial charge on any atom is 0.254 e. The van der Waals surface area contributed by atoms with Gasteiger partial charge in [-0.25, -0.2) is 14.4 Å². The fraction of sp³-hybridized carbons (Fsp3) is 0.240. The van der Waals surface area contributed by atoms with Gasteiger partial charge in [0, 0.05) is 53.5 Å². The number of rotatable bonds is 4. The molecule has 2 aliphatic rings. The number of halogens is 1. The number of hydrogen-bond donors (Lipinski definition) is 0. The van der Waals surface area contributed by atoms with Crippen LogP contribution >= 0.6 is 0 Å². The third kappa shape index (κ3) is 3.43. The molecule has 4 aromatic rings. The van der Waals surface area contributed by atoms with Crippen molar-refractivity contribution in [1.82, 2.24) is 19.4 Å². The minimum atomic E-state index is -1.25. The van der Waals surface area contributed by atoms with E-state index in [4.69, 9.17) is 4.74 Å². The fourth-order valence-corrected chi connectivity index (χ4v) is 5.55. The Hall–Kier alpha value is -3.43. The largest absolute Gasteiger partial charge is 0.374 e. The number of morpholine rings is 1. The van der Waals surface area contributed by atoms with Crippen LogP contribution in [0.1, 0.15) is 16.8 Å². The number of nitrogens with zero attached hydrogens (tertiary/aromatic N) is 4. The summed E-state index contributed by atoms with van der Waals surface area (Å²) in [7, 11) is -1.25. The van der Waals surface area contributed by atoms with Gasteiger partial charge in [-0.05, 0) is 24.6 Å². The Bertz CT molecular complexity index is 1450. The second kappa shape index (κ2) is 8.11. The number of likely N-dealkylation sites (tertiary alicyclic amines) is 1. The van der Waals surface area contributed by atoms with Gasteiger partial charge >= 0.3 is 0 Å². The highest BCUT2D eigenvalue weighted by molar-refractivity contribution is 7.84. The van der Waals surface area contributed by atoms with Gasteiger partial charge in [-0.2, -0.15) is 0 Å². The molecule has 4 heterocycles. The van der Waals surface area contributed by atoms with Gasteiger partial charge in [0.05, 0.1) is 40.0 Å². The van der Waals surface area contributed by atoms with E-state index >= 15 is 0 Å². The summed E-state index contributed by atoms with van der Waals surface area (Å²) in [5, 5.41) is 0.769. The van der Waals surface area contributed by atoms with Crippen LogP contribution in [-0.2, 0) is 15.5 Å². The lowest BCUT2D eigenvalue weighted by atomic mass is 10.1. The molecule has 2 fully saturated rings. The van der Waals surface area contributed by atoms with E-state index in [1.165, 1.54) is 6.07 Å². The topological polar surface area (TPSA) is 77.3 Å². The van der Waals surface area contributed by atoms with E-state index in [1.807, 2.05) is 11.0 Å². The molecule has 0 radical (unpaired) electrons. The molecule has 1 unspecified atom stereocenters. The molecule has 0 spiro atoms. The smallest absolute Gasteiger partial charge is 0.254 e. The number of hydrogen-bond acceptors (Lipinski definition) is 5. The molecule has 2 bridgehead atoms. The van der Waals surface area contributed by atoms with Crippen molar-refractivity contribution < 1.29 is 18.1 Å². The van der Waals surface area contributed by atoms with Gasteiger partial charge in [0.1, 0.15) is 5.82 Å². The molecule has 2 aromatic carbocycles. The summed E-state index contributed by atoms with van der Waals surface area (Å²) in [5.41, 5.74) is 2.21. The van der Waals surface area contributed by atoms with Crippen molar-refractivity contribution in [1.29, 1.82) is 0 Å². The number of carbonyl (C=O) groups is 1. The fourth-order valence-electron chi connectivity index (χ4n) is 4.82. The maximum atomic E-state index is 14.2. The van der Waals surface area contributed by atoms with Gasteiger partial charge in [-0.15, -0.1) is 0 Å². The third-order valence-corrected chi connectivity index (χ3v) is 7.47. The first-order chi connectivity index (χ1) is 16.5. The Morgan fingerprint density at radius 2 is 1.97 bits per heavy atom. The van der Waals surface area contributed by atoms with Gasteiger partial charge < -0.3 is 9.64 Å². The van der Waals surface area contributed by atoms with E-state index in [0.717, 1.165) is 11.8 Å². The Balaban J connectivity index is 1.41. The second-order valence-electron chi connectivity index (χ2n) is 8.60. The van der Waals surface area contributed by atoms with E-state index < -0.39 is 10.8 Å². The minimum absolute atomic E-state index is 0.0413. The first-order valence-electron chi connectivity index (χ1n) is 11.0. The molecular weight excluding hydrogens is 455 g/mol. The van der Waals surface area contributed by atoms with Crippen molar-refractivity contribution in [2.75, 3.05) is 19.4 Å². The first-order valence-corrected chi connectivity index (χ1v) is 12.5. The number of amides is 1. The average molecular weight is 477 g/mol. The Labute approximate surface area is 197 Å². The molecule has 2 saturated heterocycles. The highest BCUT2D eigenvalue weighted by atomic mass is 32.2. The monoisotopic (exact) mass is 476 g/mol. The Morgan fingerprint density at radius 3 is 2.65 bits per heavy atom. The molecule has 2 aromatic heterocycles. The summed E-state index contributed by atoms with van der Waals surface area (Å²) in [6.07, 6.45) is 7.47. The number of aromatic nitrogens is 3. The van der Waals surface area contributed by atoms with Crippen LogP contribution < -0.4 is 0 Å². The van der Waals surface area contributed by atoms with Crippen LogP contribution in [0.15, 0.2) is 66.0 Å². The predicted octanol–water partition coefficient (Wildman–Crippen LogP) is 3.58. The van der Waals surface area contributed by atoms with Crippen molar-refractivity contribution in [3.8, 4) is 17.1 Å². The summed E-state index contributed by atoms with van der Waals surface area (Å²) in [5.74, 6) is -0.0430. The van der Waals surface area contributed by atoms with Crippen LogP contribution in [0.25, 0.3) is 28.0 Å². The zero-order valence-corrected chi connectivity index (χ0v) is 19.2. The lowest BCUT2D eigenvalue weighted by Crippen LogP contribution is -2.41. The van der Waals surface area contributed by atoms with Crippen LogP contribution in [0.4, 0.5) is 4.39 Å². The summed E-state index contributed by atoms with van der Waals surface area (Å²) < 4.78 is 33.9. The molecule has 6 rings (SSSR count). The van der Waals surface area contributed by atoms with E-state index in [0.29, 0.717) is 46.2 Å². The van der Waals surface area contributed by atoms with Gasteiger partial charge in [0.15, 0.2) is 0 Å². The SMILES string of the molecule is CS(=O)c1cn(-c2ncc(-c3ccccc3F)cn2)c2cc(C(=O)N3C[C@H]4C[C@@H]3CO4)ccc12. The normalized spacial score (nSPS) is 20.2. The summed E-state index contributed by atoms with van der Waals surface area (Å²) in [4.78, 5) is 24.6. The van der Waals surface area contributed by atoms with Crippen LogP contribution in [0, 0.1) is 5.82 Å². The van der Waals surface area contributed by atoms with E-state index in [2.05, 4.69) is 9.97 Å². The van der Waals surface area contributed by atoms with Crippen LogP contribution in [0.5, 0.6) is 0 Å². The van der Waals surface area contributed by atoms with Crippen molar-refractivity contribution in [2.24, 2.45) is 0 Å². The van der Waals surface area contributed by atoms with Crippen molar-refractivity contribution >= 4 is 27.6 Å². The zero-order chi connectivity index (χ0) is 23.4. The second-order valence-corrected chi connectivity index (χ2v) is 9.95. The molecular formula is C25H21FN4O3S. The molecule has 172 valence electrons. The summed E-state index contributed by atoms with van der Waals surface area (Å²) in [6.45, 7) is 1.18. The highest BCUT2D eigenvalue weighted by Crippen LogP contribution is 2.32. The van der Waals surface area contributed by atoms with Gasteiger partial charge in [0.25, 0.3) is 5.91 Å². The number of carbonyl (C=O) groups excluding carboxylic acids is 1. The van der Waals surface area contributed by atoms with E-state index in [9.17, 15) is 13.4 Å². The Morgan fingerprint density at radius 1 is 1.18 bits per heavy atom. The zero-order valence-electron chi connectivity index (χ0n) is 18.3. The van der Waals surface area contributed by atoms with E-state index in [1.54, 1.807) is 59.7 Å². The van der Waals surface area contributed by atoms with Crippen molar-refractivity contribution in [2.45, 2.75) is 23.5 Å². The standard InChI is InChI=1S/C25H21FN4O3S/c1-34(32)23-13-30(25-27-10-16(11-28-25)19-4-2-3-5-21(19)26)22-8-15(6-7-20(22)23)24(31)29-12-18-9-17(29)14-33-18/h2-8,10-11,13,17-18H,9,12,14H2,1H3/t17-,18-,34?/m1/s1. The molecule has 9 heteroatoms. The van der Waals surface area contributed by atoms with Gasteiger partial charge in [-0.1, -0.05) is 24.3 Å². The van der Waals surface area contributed by atoms with E-state index in [-0.39, 0.29) is 23.9 Å².